The maximum absolute atomic E-state index is 14.4. The highest BCUT2D eigenvalue weighted by Crippen LogP contribution is 2.50. The number of aromatic nitrogens is 2. The second-order valence-corrected chi connectivity index (χ2v) is 14.7. The minimum atomic E-state index is -2.56. The van der Waals surface area contributed by atoms with Crippen LogP contribution in [0.25, 0.3) is 10.9 Å². The summed E-state index contributed by atoms with van der Waals surface area (Å²) in [5.41, 5.74) is 4.70. The van der Waals surface area contributed by atoms with Crippen molar-refractivity contribution < 1.29 is 18.3 Å². The average molecular weight is 688 g/mol. The highest BCUT2D eigenvalue weighted by molar-refractivity contribution is 5.92. The Labute approximate surface area is 291 Å². The van der Waals surface area contributed by atoms with Gasteiger partial charge in [-0.3, -0.25) is 9.69 Å². The Morgan fingerprint density at radius 3 is 2.68 bits per heavy atom. The van der Waals surface area contributed by atoms with Crippen LogP contribution in [0.1, 0.15) is 44.2 Å². The first-order valence-corrected chi connectivity index (χ1v) is 17.9. The Morgan fingerprint density at radius 1 is 1.12 bits per heavy atom. The maximum atomic E-state index is 14.4. The lowest BCUT2D eigenvalue weighted by Gasteiger charge is -2.41. The third kappa shape index (κ3) is 6.21. The Bertz CT molecular complexity index is 1850. The van der Waals surface area contributed by atoms with Gasteiger partial charge >= 0.3 is 0 Å². The van der Waals surface area contributed by atoms with Crippen molar-refractivity contribution in [3.8, 4) is 5.75 Å². The van der Waals surface area contributed by atoms with Gasteiger partial charge in [0.2, 0.25) is 5.92 Å². The second-order valence-electron chi connectivity index (χ2n) is 14.7. The van der Waals surface area contributed by atoms with Crippen molar-refractivity contribution in [2.45, 2.75) is 63.4 Å². The van der Waals surface area contributed by atoms with Crippen LogP contribution in [0.15, 0.2) is 65.4 Å². The first-order valence-electron chi connectivity index (χ1n) is 17.9. The number of nitrogens with one attached hydrogen (secondary N) is 2. The Balaban J connectivity index is 1.12. The van der Waals surface area contributed by atoms with Crippen LogP contribution in [0.2, 0.25) is 0 Å². The summed E-state index contributed by atoms with van der Waals surface area (Å²) in [5.74, 6) is -1.06. The molecular weight excluding hydrogens is 640 g/mol. The molecule has 2 saturated heterocycles. The molecule has 2 aromatic heterocycles. The first-order chi connectivity index (χ1) is 24.2. The molecule has 10 nitrogen and oxygen atoms in total. The fourth-order valence-corrected chi connectivity index (χ4v) is 8.81. The quantitative estimate of drug-likeness (QED) is 0.309. The molecule has 8 rings (SSSR count). The SMILES string of the molecule is CNc1ccc(N2CCCC(N(CC3=CC(OC)NC=C3)Cc3cn4c5c(c(N6CC7CC(F)(F)CC7C6)ccc5c3=O)OCC4C)C2)cn1. The van der Waals surface area contributed by atoms with Gasteiger partial charge in [0.1, 0.15) is 18.7 Å². The predicted octanol–water partition coefficient (Wildman–Crippen LogP) is 5.36. The zero-order chi connectivity index (χ0) is 34.6. The number of anilines is 3. The molecule has 1 aliphatic carbocycles. The largest absolute Gasteiger partial charge is 0.487 e. The molecule has 5 atom stereocenters. The van der Waals surface area contributed by atoms with Crippen LogP contribution in [0.4, 0.5) is 26.0 Å². The van der Waals surface area contributed by atoms with Crippen LogP contribution in [-0.4, -0.2) is 86.1 Å². The van der Waals surface area contributed by atoms with Crippen molar-refractivity contribution in [2.24, 2.45) is 11.8 Å². The van der Waals surface area contributed by atoms with Gasteiger partial charge in [-0.25, -0.2) is 13.8 Å². The minimum absolute atomic E-state index is 0.00815. The highest BCUT2D eigenvalue weighted by Gasteiger charge is 2.50. The van der Waals surface area contributed by atoms with E-state index < -0.39 is 5.92 Å². The Hall–Kier alpha value is -4.16. The Kier molecular flexibility index (Phi) is 8.71. The number of dihydropyridines is 1. The van der Waals surface area contributed by atoms with Crippen LogP contribution in [0, 0.1) is 11.8 Å². The van der Waals surface area contributed by atoms with Gasteiger partial charge in [-0.15, -0.1) is 0 Å². The molecule has 0 bridgehead atoms. The number of piperidine rings is 1. The number of pyridine rings is 2. The van der Waals surface area contributed by atoms with Crippen LogP contribution < -0.4 is 30.6 Å². The van der Waals surface area contributed by atoms with Gasteiger partial charge in [0, 0.05) is 89.5 Å². The van der Waals surface area contributed by atoms with Crippen molar-refractivity contribution >= 4 is 28.1 Å². The molecule has 5 aliphatic rings. The summed E-state index contributed by atoms with van der Waals surface area (Å²) in [4.78, 5) is 26.0. The lowest BCUT2D eigenvalue weighted by Crippen LogP contribution is -2.49. The second kappa shape index (κ2) is 13.2. The molecule has 3 fully saturated rings. The predicted molar refractivity (Wildman–Crippen MR) is 192 cm³/mol. The molecule has 12 heteroatoms. The molecule has 1 saturated carbocycles. The molecule has 2 N–H and O–H groups in total. The highest BCUT2D eigenvalue weighted by atomic mass is 19.3. The summed E-state index contributed by atoms with van der Waals surface area (Å²) >= 11 is 0. The summed E-state index contributed by atoms with van der Waals surface area (Å²) < 4.78 is 42.4. The fourth-order valence-electron chi connectivity index (χ4n) is 8.81. The van der Waals surface area contributed by atoms with E-state index >= 15 is 0 Å². The maximum Gasteiger partial charge on any atom is 0.248 e. The number of hydrogen-bond donors (Lipinski definition) is 2. The van der Waals surface area contributed by atoms with Crippen LogP contribution >= 0.6 is 0 Å². The van der Waals surface area contributed by atoms with E-state index in [1.807, 2.05) is 43.8 Å². The number of halogens is 2. The van der Waals surface area contributed by atoms with E-state index in [4.69, 9.17) is 9.47 Å². The standard InChI is InChI=1S/C38H47F2N7O3/c1-24-23-50-37-32(46-18-26-14-38(39,40)15-27(26)19-46)8-7-31-35(37)47(24)21-28(36(31)48)20-45(17-25-10-11-42-34(13-25)49-3)30-5-4-12-44(22-30)29-6-9-33(41-2)43-16-29/h6-11,13,16,21,24,26-27,30,34,42H,4-5,12,14-15,17-20,22-23H2,1-3H3,(H,41,43). The van der Waals surface area contributed by atoms with E-state index in [1.54, 1.807) is 7.11 Å². The molecule has 1 aromatic carbocycles. The zero-order valence-electron chi connectivity index (χ0n) is 29.1. The van der Waals surface area contributed by atoms with Gasteiger partial charge in [-0.05, 0) is 79.8 Å². The summed E-state index contributed by atoms with van der Waals surface area (Å²) in [6.07, 6.45) is 11.8. The number of ether oxygens (including phenoxy) is 2. The van der Waals surface area contributed by atoms with E-state index in [1.165, 1.54) is 0 Å². The van der Waals surface area contributed by atoms with Crippen LogP contribution in [0.3, 0.4) is 0 Å². The van der Waals surface area contributed by atoms with E-state index in [2.05, 4.69) is 60.0 Å². The van der Waals surface area contributed by atoms with E-state index in [9.17, 15) is 13.6 Å². The number of alkyl halides is 2. The topological polar surface area (TPSA) is 87.1 Å². The number of benzene rings is 1. The number of nitrogens with zero attached hydrogens (tertiary/aromatic N) is 5. The summed E-state index contributed by atoms with van der Waals surface area (Å²) in [6, 6.07) is 8.26. The summed E-state index contributed by atoms with van der Waals surface area (Å²) in [7, 11) is 3.56. The van der Waals surface area contributed by atoms with E-state index in [0.717, 1.165) is 59.8 Å². The molecule has 6 heterocycles. The third-order valence-corrected chi connectivity index (χ3v) is 11.4. The summed E-state index contributed by atoms with van der Waals surface area (Å²) in [6.45, 7) is 6.72. The number of hydrogen-bond acceptors (Lipinski definition) is 9. The molecule has 0 spiro atoms. The molecular formula is C38H47F2N7O3. The monoisotopic (exact) mass is 687 g/mol. The normalized spacial score (nSPS) is 26.9. The Morgan fingerprint density at radius 2 is 1.94 bits per heavy atom. The van der Waals surface area contributed by atoms with Crippen molar-refractivity contribution in [3.63, 3.8) is 0 Å². The van der Waals surface area contributed by atoms with Gasteiger partial charge in [0.15, 0.2) is 11.2 Å². The molecule has 3 aromatic rings. The van der Waals surface area contributed by atoms with Crippen LogP contribution in [-0.2, 0) is 11.3 Å². The molecule has 5 unspecified atom stereocenters. The molecule has 4 aliphatic heterocycles. The van der Waals surface area contributed by atoms with Gasteiger partial charge in [0.25, 0.3) is 0 Å². The van der Waals surface area contributed by atoms with Gasteiger partial charge in [-0.1, -0.05) is 0 Å². The van der Waals surface area contributed by atoms with Crippen LogP contribution in [0.5, 0.6) is 5.75 Å². The average Bonchev–Trinajstić information content (AvgIpc) is 3.64. The number of rotatable bonds is 9. The third-order valence-electron chi connectivity index (χ3n) is 11.4. The first kappa shape index (κ1) is 33.0. The number of methoxy groups -OCH3 is 1. The van der Waals surface area contributed by atoms with E-state index in [0.29, 0.717) is 43.9 Å². The smallest absolute Gasteiger partial charge is 0.248 e. The molecule has 0 radical (unpaired) electrons. The number of fused-ring (bicyclic) bond motifs is 1. The van der Waals surface area contributed by atoms with Crippen molar-refractivity contribution in [1.82, 2.24) is 19.8 Å². The van der Waals surface area contributed by atoms with Crippen molar-refractivity contribution in [1.29, 1.82) is 0 Å². The van der Waals surface area contributed by atoms with Gasteiger partial charge < -0.3 is 34.5 Å². The van der Waals surface area contributed by atoms with Gasteiger partial charge in [-0.2, -0.15) is 0 Å². The van der Waals surface area contributed by atoms with Gasteiger partial charge in [0.05, 0.1) is 29.1 Å². The molecule has 50 heavy (non-hydrogen) atoms. The van der Waals surface area contributed by atoms with E-state index in [-0.39, 0.29) is 48.4 Å². The van der Waals surface area contributed by atoms with Crippen molar-refractivity contribution in [2.75, 3.05) is 68.6 Å². The lowest BCUT2D eigenvalue weighted by molar-refractivity contribution is 0.00173. The summed E-state index contributed by atoms with van der Waals surface area (Å²) in [5, 5.41) is 6.96. The zero-order valence-corrected chi connectivity index (χ0v) is 29.1. The lowest BCUT2D eigenvalue weighted by atomic mass is 10.0. The minimum Gasteiger partial charge on any atom is -0.487 e. The van der Waals surface area contributed by atoms with Crippen molar-refractivity contribution in [3.05, 3.63) is 76.4 Å². The molecule has 0 amide bonds. The molecule has 266 valence electrons. The fraction of sp³-hybridized carbons (Fsp3) is 0.526.